The van der Waals surface area contributed by atoms with Gasteiger partial charge in [-0.3, -0.25) is 14.8 Å². The Labute approximate surface area is 156 Å². The molecule has 1 aromatic heterocycles. The highest BCUT2D eigenvalue weighted by molar-refractivity contribution is 5.85. The van der Waals surface area contributed by atoms with Crippen molar-refractivity contribution in [2.24, 2.45) is 0 Å². The number of hydrogen-bond acceptors (Lipinski definition) is 3. The number of pyridine rings is 1. The average Bonchev–Trinajstić information content (AvgIpc) is 3.05. The largest absolute Gasteiger partial charge is 0.299 e. The van der Waals surface area contributed by atoms with Crippen LogP contribution in [0.1, 0.15) is 30.9 Å². The molecule has 0 saturated carbocycles. The standard InChI is InChI=1S/C20H26FN3.ClH/c1-2-24-13-5-7-19(24)16-23(14-17-9-11-22-12-10-17)15-18-6-3-4-8-20(18)21;/h3-4,6,8-12,19H,2,5,7,13-16H2,1H3;1H. The maximum absolute atomic E-state index is 14.1. The van der Waals surface area contributed by atoms with Crippen molar-refractivity contribution in [2.45, 2.75) is 38.9 Å². The highest BCUT2D eigenvalue weighted by Gasteiger charge is 2.25. The molecule has 1 saturated heterocycles. The van der Waals surface area contributed by atoms with Crippen LogP contribution < -0.4 is 0 Å². The van der Waals surface area contributed by atoms with Crippen LogP contribution in [0.25, 0.3) is 0 Å². The van der Waals surface area contributed by atoms with Gasteiger partial charge in [-0.1, -0.05) is 25.1 Å². The number of likely N-dealkylation sites (tertiary alicyclic amines) is 1. The van der Waals surface area contributed by atoms with E-state index in [0.717, 1.165) is 25.2 Å². The van der Waals surface area contributed by atoms with E-state index >= 15 is 0 Å². The molecular weight excluding hydrogens is 337 g/mol. The van der Waals surface area contributed by atoms with Crippen molar-refractivity contribution in [3.05, 3.63) is 65.7 Å². The molecule has 0 spiro atoms. The van der Waals surface area contributed by atoms with Gasteiger partial charge in [0.15, 0.2) is 0 Å². The molecule has 1 fully saturated rings. The van der Waals surface area contributed by atoms with Crippen LogP contribution in [0.15, 0.2) is 48.8 Å². The van der Waals surface area contributed by atoms with Crippen LogP contribution in [0, 0.1) is 5.82 Å². The third-order valence-corrected chi connectivity index (χ3v) is 4.88. The summed E-state index contributed by atoms with van der Waals surface area (Å²) >= 11 is 0. The zero-order valence-corrected chi connectivity index (χ0v) is 15.6. The number of halogens is 2. The van der Waals surface area contributed by atoms with Gasteiger partial charge in [-0.05, 0) is 49.7 Å². The molecule has 2 aromatic rings. The fourth-order valence-electron chi connectivity index (χ4n) is 3.62. The summed E-state index contributed by atoms with van der Waals surface area (Å²) in [4.78, 5) is 9.00. The van der Waals surface area contributed by atoms with E-state index in [-0.39, 0.29) is 18.2 Å². The lowest BCUT2D eigenvalue weighted by Gasteiger charge is -2.30. The molecule has 0 radical (unpaired) electrons. The van der Waals surface area contributed by atoms with Crippen molar-refractivity contribution in [2.75, 3.05) is 19.6 Å². The quantitative estimate of drug-likeness (QED) is 0.737. The van der Waals surface area contributed by atoms with E-state index in [1.807, 2.05) is 36.7 Å². The van der Waals surface area contributed by atoms with Crippen LogP contribution in [-0.4, -0.2) is 40.5 Å². The molecule has 3 nitrogen and oxygen atoms in total. The molecule has 25 heavy (non-hydrogen) atoms. The minimum absolute atomic E-state index is 0. The van der Waals surface area contributed by atoms with Gasteiger partial charge in [0.1, 0.15) is 5.82 Å². The van der Waals surface area contributed by atoms with Crippen LogP contribution in [0.2, 0.25) is 0 Å². The Balaban J connectivity index is 0.00000225. The molecule has 1 aromatic carbocycles. The van der Waals surface area contributed by atoms with E-state index in [9.17, 15) is 4.39 Å². The van der Waals surface area contributed by atoms with Gasteiger partial charge in [-0.25, -0.2) is 4.39 Å². The van der Waals surface area contributed by atoms with Crippen molar-refractivity contribution in [3.63, 3.8) is 0 Å². The van der Waals surface area contributed by atoms with E-state index in [0.29, 0.717) is 12.6 Å². The van der Waals surface area contributed by atoms with Crippen LogP contribution in [-0.2, 0) is 13.1 Å². The van der Waals surface area contributed by atoms with E-state index < -0.39 is 0 Å². The number of hydrogen-bond donors (Lipinski definition) is 0. The van der Waals surface area contributed by atoms with Gasteiger partial charge in [-0.2, -0.15) is 0 Å². The van der Waals surface area contributed by atoms with Gasteiger partial charge < -0.3 is 0 Å². The summed E-state index contributed by atoms with van der Waals surface area (Å²) in [5.41, 5.74) is 2.00. The monoisotopic (exact) mass is 363 g/mol. The third kappa shape index (κ3) is 5.50. The van der Waals surface area contributed by atoms with Crippen LogP contribution in [0.3, 0.4) is 0 Å². The van der Waals surface area contributed by atoms with Crippen molar-refractivity contribution in [1.29, 1.82) is 0 Å². The maximum Gasteiger partial charge on any atom is 0.127 e. The molecule has 136 valence electrons. The Kier molecular flexibility index (Phi) is 7.82. The second-order valence-corrected chi connectivity index (χ2v) is 6.54. The van der Waals surface area contributed by atoms with Gasteiger partial charge in [-0.15, -0.1) is 12.4 Å². The zero-order chi connectivity index (χ0) is 16.8. The summed E-state index contributed by atoms with van der Waals surface area (Å²) < 4.78 is 14.1. The highest BCUT2D eigenvalue weighted by atomic mass is 35.5. The van der Waals surface area contributed by atoms with Crippen molar-refractivity contribution in [1.82, 2.24) is 14.8 Å². The van der Waals surface area contributed by atoms with Crippen LogP contribution in [0.4, 0.5) is 4.39 Å². The SMILES string of the molecule is CCN1CCCC1CN(Cc1ccncc1)Cc1ccccc1F.Cl. The maximum atomic E-state index is 14.1. The molecule has 1 atom stereocenters. The highest BCUT2D eigenvalue weighted by Crippen LogP contribution is 2.20. The lowest BCUT2D eigenvalue weighted by molar-refractivity contribution is 0.164. The lowest BCUT2D eigenvalue weighted by Crippen LogP contribution is -2.39. The number of rotatable bonds is 7. The van der Waals surface area contributed by atoms with Gasteiger partial charge in [0.2, 0.25) is 0 Å². The Morgan fingerprint density at radius 2 is 1.92 bits per heavy atom. The average molecular weight is 364 g/mol. The second-order valence-electron chi connectivity index (χ2n) is 6.54. The van der Waals surface area contributed by atoms with Gasteiger partial charge >= 0.3 is 0 Å². The second kappa shape index (κ2) is 9.85. The van der Waals surface area contributed by atoms with Crippen molar-refractivity contribution in [3.8, 4) is 0 Å². The molecule has 0 bridgehead atoms. The summed E-state index contributed by atoms with van der Waals surface area (Å²) in [7, 11) is 0. The van der Waals surface area contributed by atoms with Gasteiger partial charge in [0.25, 0.3) is 0 Å². The van der Waals surface area contributed by atoms with E-state index in [2.05, 4.69) is 21.7 Å². The first-order chi connectivity index (χ1) is 11.8. The number of aromatic nitrogens is 1. The fraction of sp³-hybridized carbons (Fsp3) is 0.450. The molecule has 3 rings (SSSR count). The molecular formula is C20H27ClFN3. The van der Waals surface area contributed by atoms with E-state index in [4.69, 9.17) is 0 Å². The third-order valence-electron chi connectivity index (χ3n) is 4.88. The van der Waals surface area contributed by atoms with Crippen molar-refractivity contribution >= 4 is 12.4 Å². The minimum atomic E-state index is -0.115. The molecule has 1 aliphatic heterocycles. The Morgan fingerprint density at radius 3 is 2.64 bits per heavy atom. The number of likely N-dealkylation sites (N-methyl/N-ethyl adjacent to an activating group) is 1. The van der Waals surface area contributed by atoms with Crippen LogP contribution in [0.5, 0.6) is 0 Å². The molecule has 0 N–H and O–H groups in total. The predicted octanol–water partition coefficient (Wildman–Crippen LogP) is 4.13. The van der Waals surface area contributed by atoms with Crippen molar-refractivity contribution < 1.29 is 4.39 Å². The first-order valence-corrected chi connectivity index (χ1v) is 8.85. The minimum Gasteiger partial charge on any atom is -0.299 e. The van der Waals surface area contributed by atoms with E-state index in [1.54, 1.807) is 12.1 Å². The smallest absolute Gasteiger partial charge is 0.127 e. The molecule has 2 heterocycles. The summed E-state index contributed by atoms with van der Waals surface area (Å²) in [5, 5.41) is 0. The molecule has 0 amide bonds. The Morgan fingerprint density at radius 1 is 1.16 bits per heavy atom. The zero-order valence-electron chi connectivity index (χ0n) is 14.8. The summed E-state index contributed by atoms with van der Waals surface area (Å²) in [6, 6.07) is 11.8. The van der Waals surface area contributed by atoms with E-state index in [1.165, 1.54) is 24.9 Å². The topological polar surface area (TPSA) is 19.4 Å². The first-order valence-electron chi connectivity index (χ1n) is 8.85. The Bertz CT molecular complexity index is 638. The molecule has 1 unspecified atom stereocenters. The summed E-state index contributed by atoms with van der Waals surface area (Å²) in [6.45, 7) is 6.94. The summed E-state index contributed by atoms with van der Waals surface area (Å²) in [6.07, 6.45) is 6.15. The fourth-order valence-corrected chi connectivity index (χ4v) is 3.62. The lowest BCUT2D eigenvalue weighted by atomic mass is 10.1. The normalized spacial score (nSPS) is 17.6. The predicted molar refractivity (Wildman–Crippen MR) is 102 cm³/mol. The number of nitrogens with zero attached hydrogens (tertiary/aromatic N) is 3. The number of benzene rings is 1. The first kappa shape index (κ1) is 19.8. The van der Waals surface area contributed by atoms with Gasteiger partial charge in [0, 0.05) is 43.6 Å². The summed E-state index contributed by atoms with van der Waals surface area (Å²) in [5.74, 6) is -0.115. The van der Waals surface area contributed by atoms with Crippen LogP contribution >= 0.6 is 12.4 Å². The Hall–Kier alpha value is -1.49. The molecule has 0 aliphatic carbocycles. The molecule has 5 heteroatoms. The van der Waals surface area contributed by atoms with Gasteiger partial charge in [0.05, 0.1) is 0 Å². The molecule has 1 aliphatic rings.